The predicted octanol–water partition coefficient (Wildman–Crippen LogP) is 4.69. The Morgan fingerprint density at radius 1 is 1.19 bits per heavy atom. The second-order valence-electron chi connectivity index (χ2n) is 6.69. The van der Waals surface area contributed by atoms with E-state index in [1.54, 1.807) is 4.90 Å². The fraction of sp³-hybridized carbons (Fsp3) is 0.333. The smallest absolute Gasteiger partial charge is 0.255 e. The summed E-state index contributed by atoms with van der Waals surface area (Å²) in [4.78, 5) is 26.2. The lowest BCUT2D eigenvalue weighted by atomic mass is 9.97. The van der Waals surface area contributed by atoms with E-state index in [-0.39, 0.29) is 35.5 Å². The predicted molar refractivity (Wildman–Crippen MR) is 107 cm³/mol. The summed E-state index contributed by atoms with van der Waals surface area (Å²) in [5, 5.41) is 2.70. The molecule has 27 heavy (non-hydrogen) atoms. The molecule has 0 heterocycles. The monoisotopic (exact) mass is 390 g/mol. The minimum Gasteiger partial charge on any atom is -0.350 e. The van der Waals surface area contributed by atoms with Crippen molar-refractivity contribution >= 4 is 29.1 Å². The van der Waals surface area contributed by atoms with Crippen molar-refractivity contribution in [2.24, 2.45) is 0 Å². The van der Waals surface area contributed by atoms with Gasteiger partial charge in [-0.1, -0.05) is 49.7 Å². The molecular formula is C21H24ClFN2O2. The van der Waals surface area contributed by atoms with Crippen LogP contribution in [0, 0.1) is 12.7 Å². The first-order valence-electron chi connectivity index (χ1n) is 8.83. The maximum Gasteiger partial charge on any atom is 0.255 e. The second kappa shape index (κ2) is 9.00. The zero-order chi connectivity index (χ0) is 20.1. The number of hydrogen-bond acceptors (Lipinski definition) is 2. The van der Waals surface area contributed by atoms with Gasteiger partial charge in [-0.2, -0.15) is 0 Å². The van der Waals surface area contributed by atoms with Crippen LogP contribution in [0.25, 0.3) is 0 Å². The summed E-state index contributed by atoms with van der Waals surface area (Å²) in [5.74, 6) is -1.15. The van der Waals surface area contributed by atoms with Crippen molar-refractivity contribution in [3.05, 3.63) is 63.9 Å². The average Bonchev–Trinajstić information content (AvgIpc) is 2.58. The SMILES string of the molecule is CC(=O)N(CCNC(=O)c1c(F)cccc1Cl)c1c(C)cccc1C(C)C. The molecule has 0 fully saturated rings. The Morgan fingerprint density at radius 3 is 2.44 bits per heavy atom. The van der Waals surface area contributed by atoms with E-state index in [1.165, 1.54) is 25.1 Å². The normalized spacial score (nSPS) is 10.8. The Balaban J connectivity index is 2.18. The van der Waals surface area contributed by atoms with Gasteiger partial charge in [0.15, 0.2) is 0 Å². The third-order valence-electron chi connectivity index (χ3n) is 4.35. The van der Waals surface area contributed by atoms with Crippen LogP contribution in [0.2, 0.25) is 5.02 Å². The molecule has 0 unspecified atom stereocenters. The Bertz CT molecular complexity index is 832. The van der Waals surface area contributed by atoms with Crippen LogP contribution in [0.1, 0.15) is 48.2 Å². The van der Waals surface area contributed by atoms with Gasteiger partial charge in [-0.3, -0.25) is 9.59 Å². The van der Waals surface area contributed by atoms with E-state index in [9.17, 15) is 14.0 Å². The molecule has 0 bridgehead atoms. The van der Waals surface area contributed by atoms with Gasteiger partial charge in [-0.25, -0.2) is 4.39 Å². The first-order valence-corrected chi connectivity index (χ1v) is 9.21. The van der Waals surface area contributed by atoms with Crippen LogP contribution in [0.15, 0.2) is 36.4 Å². The number of amides is 2. The molecule has 4 nitrogen and oxygen atoms in total. The zero-order valence-corrected chi connectivity index (χ0v) is 16.7. The van der Waals surface area contributed by atoms with Crippen molar-refractivity contribution in [2.45, 2.75) is 33.6 Å². The van der Waals surface area contributed by atoms with Gasteiger partial charge in [-0.05, 0) is 36.1 Å². The van der Waals surface area contributed by atoms with Crippen LogP contribution in [0.3, 0.4) is 0 Å². The summed E-state index contributed by atoms with van der Waals surface area (Å²) >= 11 is 5.92. The number of nitrogens with one attached hydrogen (secondary N) is 1. The fourth-order valence-corrected chi connectivity index (χ4v) is 3.28. The first kappa shape index (κ1) is 20.9. The Morgan fingerprint density at radius 2 is 1.85 bits per heavy atom. The number of para-hydroxylation sites is 1. The Kier molecular flexibility index (Phi) is 6.97. The van der Waals surface area contributed by atoms with Crippen LogP contribution < -0.4 is 10.2 Å². The molecule has 0 aromatic heterocycles. The van der Waals surface area contributed by atoms with E-state index in [1.807, 2.05) is 25.1 Å². The van der Waals surface area contributed by atoms with E-state index >= 15 is 0 Å². The lowest BCUT2D eigenvalue weighted by molar-refractivity contribution is -0.116. The first-order chi connectivity index (χ1) is 12.7. The highest BCUT2D eigenvalue weighted by Crippen LogP contribution is 2.31. The molecule has 0 aliphatic heterocycles. The molecule has 0 saturated heterocycles. The molecule has 0 saturated carbocycles. The van der Waals surface area contributed by atoms with Crippen LogP contribution in [-0.2, 0) is 4.79 Å². The van der Waals surface area contributed by atoms with Gasteiger partial charge in [0.05, 0.1) is 16.3 Å². The molecule has 6 heteroatoms. The van der Waals surface area contributed by atoms with E-state index in [2.05, 4.69) is 19.2 Å². The lowest BCUT2D eigenvalue weighted by Gasteiger charge is -2.27. The number of rotatable bonds is 6. The lowest BCUT2D eigenvalue weighted by Crippen LogP contribution is -2.38. The number of carbonyl (C=O) groups excluding carboxylic acids is 2. The van der Waals surface area contributed by atoms with Gasteiger partial charge >= 0.3 is 0 Å². The van der Waals surface area contributed by atoms with Crippen LogP contribution in [0.4, 0.5) is 10.1 Å². The standard InChI is InChI=1S/C21H24ClFN2O2/c1-13(2)16-8-5-7-14(3)20(16)25(15(4)26)12-11-24-21(27)19-17(22)9-6-10-18(19)23/h5-10,13H,11-12H2,1-4H3,(H,24,27). The van der Waals surface area contributed by atoms with Gasteiger partial charge < -0.3 is 10.2 Å². The van der Waals surface area contributed by atoms with Gasteiger partial charge in [0.1, 0.15) is 5.82 Å². The van der Waals surface area contributed by atoms with Crippen LogP contribution in [-0.4, -0.2) is 24.9 Å². The van der Waals surface area contributed by atoms with Crippen molar-refractivity contribution in [1.29, 1.82) is 0 Å². The van der Waals surface area contributed by atoms with Gasteiger partial charge in [0.25, 0.3) is 5.91 Å². The third-order valence-corrected chi connectivity index (χ3v) is 4.67. The Hall–Kier alpha value is -2.40. The summed E-state index contributed by atoms with van der Waals surface area (Å²) in [6.45, 7) is 8.03. The molecule has 2 rings (SSSR count). The van der Waals surface area contributed by atoms with Crippen molar-refractivity contribution < 1.29 is 14.0 Å². The largest absolute Gasteiger partial charge is 0.350 e. The number of aryl methyl sites for hydroxylation is 1. The van der Waals surface area contributed by atoms with Crippen molar-refractivity contribution in [3.8, 4) is 0 Å². The van der Waals surface area contributed by atoms with Crippen molar-refractivity contribution in [3.63, 3.8) is 0 Å². The number of hydrogen-bond donors (Lipinski definition) is 1. The maximum absolute atomic E-state index is 13.9. The highest BCUT2D eigenvalue weighted by molar-refractivity contribution is 6.33. The van der Waals surface area contributed by atoms with Gasteiger partial charge in [-0.15, -0.1) is 0 Å². The number of halogens is 2. The molecular weight excluding hydrogens is 367 g/mol. The molecule has 2 amide bonds. The molecule has 0 aliphatic rings. The number of nitrogens with zero attached hydrogens (tertiary/aromatic N) is 1. The molecule has 0 atom stereocenters. The van der Waals surface area contributed by atoms with Crippen molar-refractivity contribution in [2.75, 3.05) is 18.0 Å². The maximum atomic E-state index is 13.9. The van der Waals surface area contributed by atoms with E-state index < -0.39 is 11.7 Å². The Labute approximate surface area is 164 Å². The van der Waals surface area contributed by atoms with E-state index in [0.29, 0.717) is 0 Å². The van der Waals surface area contributed by atoms with Gasteiger partial charge in [0, 0.05) is 20.0 Å². The summed E-state index contributed by atoms with van der Waals surface area (Å²) in [6, 6.07) is 10.0. The summed E-state index contributed by atoms with van der Waals surface area (Å²) < 4.78 is 13.9. The van der Waals surface area contributed by atoms with Crippen LogP contribution in [0.5, 0.6) is 0 Å². The molecule has 2 aromatic carbocycles. The molecule has 0 aliphatic carbocycles. The summed E-state index contributed by atoms with van der Waals surface area (Å²) in [5.41, 5.74) is 2.72. The number of anilines is 1. The quantitative estimate of drug-likeness (QED) is 0.777. The zero-order valence-electron chi connectivity index (χ0n) is 16.0. The number of carbonyl (C=O) groups is 2. The van der Waals surface area contributed by atoms with Gasteiger partial charge in [0.2, 0.25) is 5.91 Å². The number of benzene rings is 2. The highest BCUT2D eigenvalue weighted by Gasteiger charge is 2.20. The molecule has 0 radical (unpaired) electrons. The topological polar surface area (TPSA) is 49.4 Å². The fourth-order valence-electron chi connectivity index (χ4n) is 3.03. The minimum absolute atomic E-state index is 0.0527. The second-order valence-corrected chi connectivity index (χ2v) is 7.10. The highest BCUT2D eigenvalue weighted by atomic mass is 35.5. The van der Waals surface area contributed by atoms with E-state index in [0.717, 1.165) is 16.8 Å². The minimum atomic E-state index is -0.676. The third kappa shape index (κ3) is 4.86. The van der Waals surface area contributed by atoms with Crippen molar-refractivity contribution in [1.82, 2.24) is 5.32 Å². The average molecular weight is 391 g/mol. The summed E-state index contributed by atoms with van der Waals surface area (Å²) in [7, 11) is 0. The van der Waals surface area contributed by atoms with Crippen LogP contribution >= 0.6 is 11.6 Å². The molecule has 1 N–H and O–H groups in total. The van der Waals surface area contributed by atoms with E-state index in [4.69, 9.17) is 11.6 Å². The summed E-state index contributed by atoms with van der Waals surface area (Å²) in [6.07, 6.45) is 0. The molecule has 2 aromatic rings. The molecule has 0 spiro atoms. The molecule has 144 valence electrons.